The summed E-state index contributed by atoms with van der Waals surface area (Å²) < 4.78 is 0. The maximum absolute atomic E-state index is 10.9. The van der Waals surface area contributed by atoms with Crippen molar-refractivity contribution in [2.75, 3.05) is 11.4 Å². The summed E-state index contributed by atoms with van der Waals surface area (Å²) in [5.41, 5.74) is 3.54. The highest BCUT2D eigenvalue weighted by Gasteiger charge is 2.17. The molecule has 106 valence electrons. The molecule has 1 aliphatic heterocycles. The van der Waals surface area contributed by atoms with Gasteiger partial charge in [-0.25, -0.2) is 4.79 Å². The van der Waals surface area contributed by atoms with Gasteiger partial charge in [-0.05, 0) is 41.8 Å². The zero-order chi connectivity index (χ0) is 14.8. The van der Waals surface area contributed by atoms with Crippen LogP contribution in [0.25, 0.3) is 5.57 Å². The highest BCUT2D eigenvalue weighted by Crippen LogP contribution is 2.32. The van der Waals surface area contributed by atoms with Crippen LogP contribution in [-0.4, -0.2) is 17.6 Å². The van der Waals surface area contributed by atoms with Gasteiger partial charge in [-0.15, -0.1) is 0 Å². The smallest absolute Gasteiger partial charge is 0.335 e. The number of aromatic carboxylic acids is 1. The number of carbonyl (C=O) groups is 1. The third-order valence-electron chi connectivity index (χ3n) is 3.60. The van der Waals surface area contributed by atoms with Gasteiger partial charge >= 0.3 is 5.97 Å². The van der Waals surface area contributed by atoms with E-state index < -0.39 is 5.97 Å². The van der Waals surface area contributed by atoms with E-state index in [0.717, 1.165) is 29.2 Å². The third-order valence-corrected chi connectivity index (χ3v) is 3.92. The Bertz CT molecular complexity index is 707. The van der Waals surface area contributed by atoms with Gasteiger partial charge in [0.15, 0.2) is 0 Å². The van der Waals surface area contributed by atoms with Gasteiger partial charge in [0.25, 0.3) is 0 Å². The normalized spacial score (nSPS) is 14.1. The number of halogens is 1. The number of rotatable bonds is 3. The van der Waals surface area contributed by atoms with Crippen LogP contribution in [0.1, 0.15) is 22.3 Å². The third kappa shape index (κ3) is 2.78. The van der Waals surface area contributed by atoms with Crippen molar-refractivity contribution in [3.8, 4) is 0 Å². The minimum atomic E-state index is -0.903. The molecule has 0 atom stereocenters. The van der Waals surface area contributed by atoms with Gasteiger partial charge in [0.1, 0.15) is 0 Å². The first-order valence-electron chi connectivity index (χ1n) is 6.71. The van der Waals surface area contributed by atoms with Gasteiger partial charge in [-0.2, -0.15) is 0 Å². The molecule has 2 aromatic rings. The Balaban J connectivity index is 1.86. The molecule has 3 rings (SSSR count). The molecular formula is C17H14ClNO2. The van der Waals surface area contributed by atoms with E-state index in [1.807, 2.05) is 36.4 Å². The molecule has 0 spiro atoms. The summed E-state index contributed by atoms with van der Waals surface area (Å²) in [4.78, 5) is 13.0. The molecule has 0 saturated heterocycles. The molecule has 1 N–H and O–H groups in total. The van der Waals surface area contributed by atoms with Crippen LogP contribution in [0.2, 0.25) is 5.02 Å². The van der Waals surface area contributed by atoms with E-state index in [1.165, 1.54) is 5.57 Å². The quantitative estimate of drug-likeness (QED) is 0.919. The molecule has 2 aromatic carbocycles. The lowest BCUT2D eigenvalue weighted by Gasteiger charge is -2.16. The van der Waals surface area contributed by atoms with Crippen molar-refractivity contribution in [3.63, 3.8) is 0 Å². The van der Waals surface area contributed by atoms with E-state index in [1.54, 1.807) is 12.1 Å². The maximum Gasteiger partial charge on any atom is 0.335 e. The van der Waals surface area contributed by atoms with E-state index in [0.29, 0.717) is 5.56 Å². The summed E-state index contributed by atoms with van der Waals surface area (Å²) in [5, 5.41) is 9.66. The van der Waals surface area contributed by atoms with Crippen LogP contribution >= 0.6 is 11.6 Å². The average Bonchev–Trinajstić information content (AvgIpc) is 2.97. The Kier molecular flexibility index (Phi) is 3.67. The van der Waals surface area contributed by atoms with Gasteiger partial charge in [-0.3, -0.25) is 0 Å². The minimum absolute atomic E-state index is 0.306. The predicted molar refractivity (Wildman–Crippen MR) is 84.8 cm³/mol. The number of benzene rings is 2. The molecular weight excluding hydrogens is 286 g/mol. The van der Waals surface area contributed by atoms with E-state index in [4.69, 9.17) is 16.7 Å². The summed E-state index contributed by atoms with van der Waals surface area (Å²) in [6, 6.07) is 14.7. The number of hydrogen-bond donors (Lipinski definition) is 1. The molecule has 21 heavy (non-hydrogen) atoms. The highest BCUT2D eigenvalue weighted by molar-refractivity contribution is 6.33. The van der Waals surface area contributed by atoms with Crippen LogP contribution in [0.5, 0.6) is 0 Å². The molecule has 4 heteroatoms. The number of carboxylic acids is 1. The second kappa shape index (κ2) is 5.62. The van der Waals surface area contributed by atoms with Gasteiger partial charge in [-0.1, -0.05) is 35.9 Å². The number of hydrogen-bond acceptors (Lipinski definition) is 2. The Labute approximate surface area is 128 Å². The molecule has 0 saturated carbocycles. The summed E-state index contributed by atoms with van der Waals surface area (Å²) in [6.45, 7) is 0.875. The van der Waals surface area contributed by atoms with Crippen LogP contribution in [0, 0.1) is 0 Å². The van der Waals surface area contributed by atoms with Gasteiger partial charge in [0, 0.05) is 12.7 Å². The van der Waals surface area contributed by atoms with Crippen LogP contribution in [0.3, 0.4) is 0 Å². The van der Waals surface area contributed by atoms with Crippen LogP contribution in [0.15, 0.2) is 54.7 Å². The maximum atomic E-state index is 10.9. The Hall–Kier alpha value is -2.26. The minimum Gasteiger partial charge on any atom is -0.478 e. The van der Waals surface area contributed by atoms with E-state index in [-0.39, 0.29) is 0 Å². The summed E-state index contributed by atoms with van der Waals surface area (Å²) in [7, 11) is 0. The first-order valence-corrected chi connectivity index (χ1v) is 7.08. The zero-order valence-corrected chi connectivity index (χ0v) is 12.0. The van der Waals surface area contributed by atoms with E-state index in [2.05, 4.69) is 11.1 Å². The summed E-state index contributed by atoms with van der Waals surface area (Å²) in [5.74, 6) is -0.903. The van der Waals surface area contributed by atoms with Crippen molar-refractivity contribution in [2.45, 2.75) is 6.42 Å². The van der Waals surface area contributed by atoms with Gasteiger partial charge in [0.05, 0.1) is 16.3 Å². The second-order valence-corrected chi connectivity index (χ2v) is 5.34. The summed E-state index contributed by atoms with van der Waals surface area (Å²) >= 11 is 6.22. The fourth-order valence-electron chi connectivity index (χ4n) is 2.48. The van der Waals surface area contributed by atoms with E-state index in [9.17, 15) is 4.79 Å². The molecule has 0 aromatic heterocycles. The molecule has 0 unspecified atom stereocenters. The predicted octanol–water partition coefficient (Wildman–Crippen LogP) is 4.29. The van der Waals surface area contributed by atoms with Crippen LogP contribution in [-0.2, 0) is 0 Å². The Morgan fingerprint density at radius 1 is 1.10 bits per heavy atom. The lowest BCUT2D eigenvalue weighted by atomic mass is 10.0. The molecule has 0 bridgehead atoms. The topological polar surface area (TPSA) is 40.5 Å². The number of carboxylic acid groups (broad SMARTS) is 1. The SMILES string of the molecule is O=C(O)c1ccc(C2=CN(c3ccccc3Cl)CC2)cc1. The van der Waals surface area contributed by atoms with Crippen molar-refractivity contribution in [3.05, 3.63) is 70.9 Å². The lowest BCUT2D eigenvalue weighted by molar-refractivity contribution is 0.0697. The first-order chi connectivity index (χ1) is 10.1. The fourth-order valence-corrected chi connectivity index (χ4v) is 2.72. The second-order valence-electron chi connectivity index (χ2n) is 4.93. The van der Waals surface area contributed by atoms with Crippen molar-refractivity contribution in [1.82, 2.24) is 0 Å². The molecule has 1 aliphatic rings. The monoisotopic (exact) mass is 299 g/mol. The fraction of sp³-hybridized carbons (Fsp3) is 0.118. The zero-order valence-electron chi connectivity index (χ0n) is 11.3. The van der Waals surface area contributed by atoms with Crippen LogP contribution < -0.4 is 4.90 Å². The molecule has 0 amide bonds. The van der Waals surface area contributed by atoms with E-state index >= 15 is 0 Å². The van der Waals surface area contributed by atoms with Crippen molar-refractivity contribution < 1.29 is 9.90 Å². The lowest BCUT2D eigenvalue weighted by Crippen LogP contribution is -2.12. The van der Waals surface area contributed by atoms with Crippen molar-refractivity contribution in [1.29, 1.82) is 0 Å². The standard InChI is InChI=1S/C17H14ClNO2/c18-15-3-1-2-4-16(15)19-10-9-14(11-19)12-5-7-13(8-6-12)17(20)21/h1-8,11H,9-10H2,(H,20,21). The van der Waals surface area contributed by atoms with Crippen molar-refractivity contribution >= 4 is 28.8 Å². The Morgan fingerprint density at radius 2 is 1.81 bits per heavy atom. The molecule has 0 aliphatic carbocycles. The summed E-state index contributed by atoms with van der Waals surface area (Å²) in [6.07, 6.45) is 2.99. The van der Waals surface area contributed by atoms with Crippen molar-refractivity contribution in [2.24, 2.45) is 0 Å². The largest absolute Gasteiger partial charge is 0.478 e. The highest BCUT2D eigenvalue weighted by atomic mass is 35.5. The van der Waals surface area contributed by atoms with Gasteiger partial charge < -0.3 is 10.0 Å². The number of nitrogens with zero attached hydrogens (tertiary/aromatic N) is 1. The Morgan fingerprint density at radius 3 is 2.48 bits per heavy atom. The molecule has 3 nitrogen and oxygen atoms in total. The molecule has 0 radical (unpaired) electrons. The average molecular weight is 300 g/mol. The molecule has 0 fully saturated rings. The van der Waals surface area contributed by atoms with Gasteiger partial charge in [0.2, 0.25) is 0 Å². The molecule has 1 heterocycles. The number of para-hydroxylation sites is 1. The first kappa shape index (κ1) is 13.7. The van der Waals surface area contributed by atoms with Crippen LogP contribution in [0.4, 0.5) is 5.69 Å². The number of anilines is 1.